The van der Waals surface area contributed by atoms with Crippen LogP contribution in [0.25, 0.3) is 11.4 Å². The zero-order valence-corrected chi connectivity index (χ0v) is 19.7. The number of aromatic nitrogens is 2. The lowest BCUT2D eigenvalue weighted by Gasteiger charge is -2.23. The third kappa shape index (κ3) is 5.01. The van der Waals surface area contributed by atoms with Gasteiger partial charge in [-0.25, -0.2) is 4.79 Å². The molecule has 174 valence electrons. The first-order chi connectivity index (χ1) is 16.1. The largest absolute Gasteiger partial charge is 0.490 e. The van der Waals surface area contributed by atoms with Gasteiger partial charge >= 0.3 is 5.69 Å². The monoisotopic (exact) mass is 446 g/mol. The highest BCUT2D eigenvalue weighted by atomic mass is 16.5. The van der Waals surface area contributed by atoms with Crippen LogP contribution in [0.15, 0.2) is 65.7 Å². The number of ether oxygens (including phenoxy) is 1. The van der Waals surface area contributed by atoms with Crippen LogP contribution in [0.5, 0.6) is 5.75 Å². The summed E-state index contributed by atoms with van der Waals surface area (Å²) in [5, 5.41) is 0. The molecule has 2 aliphatic rings. The minimum absolute atomic E-state index is 0.0772. The van der Waals surface area contributed by atoms with Gasteiger partial charge in [-0.2, -0.15) is 0 Å². The summed E-state index contributed by atoms with van der Waals surface area (Å²) in [6.45, 7) is 2.05. The lowest BCUT2D eigenvalue weighted by Crippen LogP contribution is -2.32. The third-order valence-electron chi connectivity index (χ3n) is 7.02. The fraction of sp³-hybridized carbons (Fsp3) is 0.444. The van der Waals surface area contributed by atoms with Crippen LogP contribution in [-0.2, 0) is 0 Å². The second-order valence-corrected chi connectivity index (χ2v) is 9.49. The minimum atomic E-state index is -0.0772. The van der Waals surface area contributed by atoms with Crippen LogP contribution in [0, 0.1) is 0 Å². The molecule has 1 heterocycles. The summed E-state index contributed by atoms with van der Waals surface area (Å²) >= 11 is 0. The Morgan fingerprint density at radius 3 is 1.97 bits per heavy atom. The molecule has 0 aliphatic heterocycles. The molecule has 3 aromatic rings. The van der Waals surface area contributed by atoms with E-state index in [1.807, 2.05) is 48.8 Å². The van der Waals surface area contributed by atoms with E-state index in [1.165, 1.54) is 25.7 Å². The Morgan fingerprint density at radius 2 is 1.39 bits per heavy atom. The normalized spacial score (nSPS) is 16.5. The van der Waals surface area contributed by atoms with Crippen molar-refractivity contribution in [2.75, 3.05) is 32.1 Å². The maximum atomic E-state index is 13.1. The molecule has 0 spiro atoms. The van der Waals surface area contributed by atoms with Crippen molar-refractivity contribution in [3.63, 3.8) is 0 Å². The molecular formula is C27H34N4O2. The third-order valence-corrected chi connectivity index (χ3v) is 7.02. The number of anilines is 1. The van der Waals surface area contributed by atoms with E-state index in [0.29, 0.717) is 6.10 Å². The number of likely N-dealkylation sites (N-methyl/N-ethyl adjacent to an activating group) is 2. The molecule has 6 nitrogen and oxygen atoms in total. The maximum absolute atomic E-state index is 13.1. The number of hydrogen-bond acceptors (Lipinski definition) is 4. The van der Waals surface area contributed by atoms with Crippen LogP contribution in [-0.4, -0.2) is 53.4 Å². The summed E-state index contributed by atoms with van der Waals surface area (Å²) in [6.07, 6.45) is 11.4. The SMILES string of the molecule is CN(CCN(C)C1CC1)c1ccc(-n2ccn(-c3ccc(OC4CCCC4)cc3)c2=O)cc1. The van der Waals surface area contributed by atoms with Crippen molar-refractivity contribution in [1.29, 1.82) is 0 Å². The number of imidazole rings is 1. The molecule has 0 radical (unpaired) electrons. The summed E-state index contributed by atoms with van der Waals surface area (Å²) in [7, 11) is 4.33. The molecule has 5 rings (SSSR count). The maximum Gasteiger partial charge on any atom is 0.337 e. The van der Waals surface area contributed by atoms with E-state index < -0.39 is 0 Å². The Labute approximate surface area is 196 Å². The molecule has 2 saturated carbocycles. The molecule has 0 amide bonds. The van der Waals surface area contributed by atoms with Crippen molar-refractivity contribution < 1.29 is 4.74 Å². The Bertz CT molecular complexity index is 1110. The fourth-order valence-electron chi connectivity index (χ4n) is 4.66. The number of benzene rings is 2. The van der Waals surface area contributed by atoms with Gasteiger partial charge < -0.3 is 14.5 Å². The van der Waals surface area contributed by atoms with Crippen LogP contribution in [0.1, 0.15) is 38.5 Å². The molecule has 2 fully saturated rings. The zero-order chi connectivity index (χ0) is 22.8. The number of nitrogens with zero attached hydrogens (tertiary/aromatic N) is 4. The summed E-state index contributed by atoms with van der Waals surface area (Å²) in [5.41, 5.74) is 2.79. The van der Waals surface area contributed by atoms with Crippen LogP contribution in [0.4, 0.5) is 5.69 Å². The molecule has 0 unspecified atom stereocenters. The van der Waals surface area contributed by atoms with Gasteiger partial charge in [-0.1, -0.05) is 0 Å². The van der Waals surface area contributed by atoms with Gasteiger partial charge in [0.1, 0.15) is 5.75 Å². The van der Waals surface area contributed by atoms with E-state index >= 15 is 0 Å². The van der Waals surface area contributed by atoms with Crippen molar-refractivity contribution >= 4 is 5.69 Å². The number of hydrogen-bond donors (Lipinski definition) is 0. The fourth-order valence-corrected chi connectivity index (χ4v) is 4.66. The zero-order valence-electron chi connectivity index (χ0n) is 19.7. The molecule has 0 saturated heterocycles. The van der Waals surface area contributed by atoms with Gasteiger partial charge in [-0.05, 0) is 94.1 Å². The molecule has 2 aromatic carbocycles. The molecule has 6 heteroatoms. The first-order valence-corrected chi connectivity index (χ1v) is 12.2. The summed E-state index contributed by atoms with van der Waals surface area (Å²) < 4.78 is 9.41. The van der Waals surface area contributed by atoms with Gasteiger partial charge in [0.2, 0.25) is 0 Å². The average Bonchev–Trinajstić information content (AvgIpc) is 3.45. The van der Waals surface area contributed by atoms with E-state index in [0.717, 1.165) is 54.8 Å². The topological polar surface area (TPSA) is 42.6 Å². The average molecular weight is 447 g/mol. The van der Waals surface area contributed by atoms with Crippen molar-refractivity contribution in [1.82, 2.24) is 14.0 Å². The predicted molar refractivity (Wildman–Crippen MR) is 133 cm³/mol. The predicted octanol–water partition coefficient (Wildman–Crippen LogP) is 4.48. The van der Waals surface area contributed by atoms with Crippen molar-refractivity contribution in [2.24, 2.45) is 0 Å². The van der Waals surface area contributed by atoms with Crippen LogP contribution < -0.4 is 15.3 Å². The summed E-state index contributed by atoms with van der Waals surface area (Å²) in [4.78, 5) is 17.8. The Morgan fingerprint density at radius 1 is 0.818 bits per heavy atom. The van der Waals surface area contributed by atoms with Gasteiger partial charge in [0.05, 0.1) is 17.5 Å². The first-order valence-electron chi connectivity index (χ1n) is 12.2. The van der Waals surface area contributed by atoms with Crippen molar-refractivity contribution in [3.05, 3.63) is 71.4 Å². The van der Waals surface area contributed by atoms with Crippen LogP contribution in [0.3, 0.4) is 0 Å². The molecule has 0 atom stereocenters. The Balaban J connectivity index is 1.25. The highest BCUT2D eigenvalue weighted by Crippen LogP contribution is 2.26. The standard InChI is InChI=1S/C27H34N4O2/c1-28(21-7-8-21)17-18-29(2)22-9-11-23(12-10-22)30-19-20-31(27(30)32)24-13-15-26(16-14-24)33-25-5-3-4-6-25/h9-16,19-21,25H,3-8,17-18H2,1-2H3. The number of rotatable bonds is 9. The molecule has 33 heavy (non-hydrogen) atoms. The summed E-state index contributed by atoms with van der Waals surface area (Å²) in [6, 6.07) is 16.8. The quantitative estimate of drug-likeness (QED) is 0.486. The van der Waals surface area contributed by atoms with E-state index in [-0.39, 0.29) is 5.69 Å². The van der Waals surface area contributed by atoms with Gasteiger partial charge in [-0.15, -0.1) is 0 Å². The van der Waals surface area contributed by atoms with E-state index in [1.54, 1.807) is 9.13 Å². The Hall–Kier alpha value is -2.99. The van der Waals surface area contributed by atoms with E-state index in [2.05, 4.69) is 36.0 Å². The van der Waals surface area contributed by atoms with Gasteiger partial charge in [0, 0.05) is 44.3 Å². The molecule has 2 aliphatic carbocycles. The van der Waals surface area contributed by atoms with Gasteiger partial charge in [-0.3, -0.25) is 9.13 Å². The van der Waals surface area contributed by atoms with E-state index in [9.17, 15) is 4.79 Å². The highest BCUT2D eigenvalue weighted by Gasteiger charge is 2.25. The van der Waals surface area contributed by atoms with Gasteiger partial charge in [0.25, 0.3) is 0 Å². The van der Waals surface area contributed by atoms with Crippen molar-refractivity contribution in [2.45, 2.75) is 50.7 Å². The minimum Gasteiger partial charge on any atom is -0.490 e. The van der Waals surface area contributed by atoms with Gasteiger partial charge in [0.15, 0.2) is 0 Å². The van der Waals surface area contributed by atoms with E-state index in [4.69, 9.17) is 4.74 Å². The second-order valence-electron chi connectivity index (χ2n) is 9.49. The molecule has 0 bridgehead atoms. The Kier molecular flexibility index (Phi) is 6.27. The lowest BCUT2D eigenvalue weighted by atomic mass is 10.2. The summed E-state index contributed by atoms with van der Waals surface area (Å²) in [5.74, 6) is 0.876. The lowest BCUT2D eigenvalue weighted by molar-refractivity contribution is 0.210. The highest BCUT2D eigenvalue weighted by molar-refractivity contribution is 5.50. The first kappa shape index (κ1) is 21.8. The van der Waals surface area contributed by atoms with Crippen molar-refractivity contribution in [3.8, 4) is 17.1 Å². The smallest absolute Gasteiger partial charge is 0.337 e. The van der Waals surface area contributed by atoms with Crippen LogP contribution >= 0.6 is 0 Å². The van der Waals surface area contributed by atoms with Crippen LogP contribution in [0.2, 0.25) is 0 Å². The second kappa shape index (κ2) is 9.48. The molecule has 1 aromatic heterocycles. The molecule has 0 N–H and O–H groups in total. The molecular weight excluding hydrogens is 412 g/mol.